The number of rotatable bonds is 5. The highest BCUT2D eigenvalue weighted by Gasteiger charge is 2.15. The maximum Gasteiger partial charge on any atom is 0.329 e. The predicted molar refractivity (Wildman–Crippen MR) is 95.3 cm³/mol. The molecule has 0 spiro atoms. The van der Waals surface area contributed by atoms with Crippen LogP contribution >= 0.6 is 0 Å². The molecule has 4 rings (SSSR count). The normalized spacial score (nSPS) is 11.2. The molecule has 0 N–H and O–H groups in total. The predicted octanol–water partition coefficient (Wildman–Crippen LogP) is 3.31. The molecule has 0 fully saturated rings. The van der Waals surface area contributed by atoms with Gasteiger partial charge in [0.25, 0.3) is 0 Å². The topological polar surface area (TPSA) is 65.8 Å². The Morgan fingerprint density at radius 2 is 1.64 bits per heavy atom. The van der Waals surface area contributed by atoms with Gasteiger partial charge in [0.2, 0.25) is 11.7 Å². The van der Waals surface area contributed by atoms with Gasteiger partial charge in [0.15, 0.2) is 0 Å². The summed E-state index contributed by atoms with van der Waals surface area (Å²) >= 11 is 0. The Morgan fingerprint density at radius 1 is 0.960 bits per heavy atom. The Balaban J connectivity index is 1.73. The number of hydrogen-bond donors (Lipinski definition) is 0. The largest absolute Gasteiger partial charge is 0.337 e. The van der Waals surface area contributed by atoms with Crippen molar-refractivity contribution in [2.45, 2.75) is 26.4 Å². The first kappa shape index (κ1) is 15.4. The smallest absolute Gasteiger partial charge is 0.329 e. The van der Waals surface area contributed by atoms with E-state index < -0.39 is 0 Å². The first-order chi connectivity index (χ1) is 12.3. The summed E-state index contributed by atoms with van der Waals surface area (Å²) in [6, 6.07) is 17.4. The standard InChI is InChI=1S/C19H18N4O2/c1-2-12-22-15-10-6-7-11-16(15)23(19(22)24)13-17-20-18(21-25-17)14-8-4-3-5-9-14/h3-11H,2,12-13H2,1H3. The van der Waals surface area contributed by atoms with Crippen LogP contribution in [0.15, 0.2) is 63.9 Å². The molecular formula is C19H18N4O2. The molecule has 126 valence electrons. The van der Waals surface area contributed by atoms with E-state index in [-0.39, 0.29) is 12.2 Å². The molecule has 0 unspecified atom stereocenters. The Kier molecular flexibility index (Phi) is 3.93. The summed E-state index contributed by atoms with van der Waals surface area (Å²) in [5.74, 6) is 0.946. The highest BCUT2D eigenvalue weighted by Crippen LogP contribution is 2.17. The molecule has 0 bridgehead atoms. The lowest BCUT2D eigenvalue weighted by Gasteiger charge is -1.98. The molecule has 6 heteroatoms. The molecular weight excluding hydrogens is 316 g/mol. The van der Waals surface area contributed by atoms with E-state index in [1.807, 2.05) is 54.6 Å². The molecule has 4 aromatic rings. The number of hydrogen-bond acceptors (Lipinski definition) is 4. The number of imidazole rings is 1. The van der Waals surface area contributed by atoms with E-state index in [0.29, 0.717) is 18.3 Å². The third kappa shape index (κ3) is 2.76. The van der Waals surface area contributed by atoms with Gasteiger partial charge in [-0.1, -0.05) is 54.5 Å². The zero-order chi connectivity index (χ0) is 17.2. The van der Waals surface area contributed by atoms with E-state index in [9.17, 15) is 4.79 Å². The summed E-state index contributed by atoms with van der Waals surface area (Å²) < 4.78 is 8.85. The van der Waals surface area contributed by atoms with Crippen molar-refractivity contribution in [3.05, 3.63) is 71.0 Å². The minimum atomic E-state index is -0.0532. The van der Waals surface area contributed by atoms with Crippen LogP contribution in [0.2, 0.25) is 0 Å². The van der Waals surface area contributed by atoms with Crippen molar-refractivity contribution in [3.8, 4) is 11.4 Å². The van der Waals surface area contributed by atoms with E-state index in [2.05, 4.69) is 17.1 Å². The van der Waals surface area contributed by atoms with Crippen molar-refractivity contribution in [3.63, 3.8) is 0 Å². The fraction of sp³-hybridized carbons (Fsp3) is 0.211. The Bertz CT molecular complexity index is 1060. The van der Waals surface area contributed by atoms with Crippen LogP contribution in [-0.4, -0.2) is 19.3 Å². The fourth-order valence-electron chi connectivity index (χ4n) is 3.02. The zero-order valence-electron chi connectivity index (χ0n) is 13.9. The van der Waals surface area contributed by atoms with Gasteiger partial charge in [-0.05, 0) is 18.6 Å². The molecule has 2 aromatic carbocycles. The maximum atomic E-state index is 12.8. The Morgan fingerprint density at radius 3 is 2.36 bits per heavy atom. The van der Waals surface area contributed by atoms with Crippen molar-refractivity contribution >= 4 is 11.0 Å². The maximum absolute atomic E-state index is 12.8. The van der Waals surface area contributed by atoms with E-state index >= 15 is 0 Å². The lowest BCUT2D eigenvalue weighted by Crippen LogP contribution is -2.24. The molecule has 0 amide bonds. The molecule has 0 aliphatic carbocycles. The second-order valence-corrected chi connectivity index (χ2v) is 5.89. The molecule has 2 aromatic heterocycles. The molecule has 6 nitrogen and oxygen atoms in total. The van der Waals surface area contributed by atoms with Crippen LogP contribution in [0.5, 0.6) is 0 Å². The van der Waals surface area contributed by atoms with Gasteiger partial charge in [0.1, 0.15) is 6.54 Å². The van der Waals surface area contributed by atoms with Crippen molar-refractivity contribution < 1.29 is 4.52 Å². The van der Waals surface area contributed by atoms with Gasteiger partial charge in [-0.3, -0.25) is 9.13 Å². The molecule has 0 saturated heterocycles. The van der Waals surface area contributed by atoms with Crippen LogP contribution in [0.4, 0.5) is 0 Å². The second-order valence-electron chi connectivity index (χ2n) is 5.89. The van der Waals surface area contributed by atoms with Gasteiger partial charge in [-0.15, -0.1) is 0 Å². The highest BCUT2D eigenvalue weighted by molar-refractivity contribution is 5.76. The number of para-hydroxylation sites is 2. The second kappa shape index (κ2) is 6.39. The number of aryl methyl sites for hydroxylation is 1. The van der Waals surface area contributed by atoms with Crippen molar-refractivity contribution in [1.29, 1.82) is 0 Å². The van der Waals surface area contributed by atoms with Gasteiger partial charge < -0.3 is 4.52 Å². The van der Waals surface area contributed by atoms with Crippen LogP contribution in [0.3, 0.4) is 0 Å². The Labute approximate surface area is 144 Å². The molecule has 0 aliphatic rings. The lowest BCUT2D eigenvalue weighted by molar-refractivity contribution is 0.370. The monoisotopic (exact) mass is 334 g/mol. The average Bonchev–Trinajstić information content (AvgIpc) is 3.22. The fourth-order valence-corrected chi connectivity index (χ4v) is 3.02. The summed E-state index contributed by atoms with van der Waals surface area (Å²) in [5.41, 5.74) is 2.64. The average molecular weight is 334 g/mol. The third-order valence-electron chi connectivity index (χ3n) is 4.17. The summed E-state index contributed by atoms with van der Waals surface area (Å²) in [6.45, 7) is 3.00. The first-order valence-electron chi connectivity index (χ1n) is 8.34. The third-order valence-corrected chi connectivity index (χ3v) is 4.17. The van der Waals surface area contributed by atoms with Gasteiger partial charge in [-0.25, -0.2) is 4.79 Å². The van der Waals surface area contributed by atoms with E-state index in [1.165, 1.54) is 0 Å². The summed E-state index contributed by atoms with van der Waals surface area (Å²) in [5, 5.41) is 4.03. The number of nitrogens with zero attached hydrogens (tertiary/aromatic N) is 4. The number of benzene rings is 2. The minimum Gasteiger partial charge on any atom is -0.337 e. The van der Waals surface area contributed by atoms with Crippen molar-refractivity contribution in [2.75, 3.05) is 0 Å². The van der Waals surface area contributed by atoms with Crippen LogP contribution in [0, 0.1) is 0 Å². The van der Waals surface area contributed by atoms with Gasteiger partial charge in [0, 0.05) is 12.1 Å². The number of aromatic nitrogens is 4. The van der Waals surface area contributed by atoms with Gasteiger partial charge in [-0.2, -0.15) is 4.98 Å². The quantitative estimate of drug-likeness (QED) is 0.561. The van der Waals surface area contributed by atoms with Crippen LogP contribution < -0.4 is 5.69 Å². The SMILES string of the molecule is CCCn1c(=O)n(Cc2nc(-c3ccccc3)no2)c2ccccc21. The minimum absolute atomic E-state index is 0.0532. The Hall–Kier alpha value is -3.15. The summed E-state index contributed by atoms with van der Waals surface area (Å²) in [4.78, 5) is 17.2. The van der Waals surface area contributed by atoms with Crippen LogP contribution in [0.1, 0.15) is 19.2 Å². The van der Waals surface area contributed by atoms with Crippen LogP contribution in [-0.2, 0) is 13.1 Å². The zero-order valence-corrected chi connectivity index (χ0v) is 13.9. The van der Waals surface area contributed by atoms with Gasteiger partial charge in [0.05, 0.1) is 11.0 Å². The molecule has 0 saturated carbocycles. The van der Waals surface area contributed by atoms with Crippen molar-refractivity contribution in [2.24, 2.45) is 0 Å². The number of fused-ring (bicyclic) bond motifs is 1. The summed E-state index contributed by atoms with van der Waals surface area (Å²) in [7, 11) is 0. The first-order valence-corrected chi connectivity index (χ1v) is 8.34. The molecule has 0 aliphatic heterocycles. The molecule has 0 radical (unpaired) electrons. The molecule has 25 heavy (non-hydrogen) atoms. The van der Waals surface area contributed by atoms with Gasteiger partial charge >= 0.3 is 5.69 Å². The highest BCUT2D eigenvalue weighted by atomic mass is 16.5. The van der Waals surface area contributed by atoms with E-state index in [0.717, 1.165) is 23.0 Å². The van der Waals surface area contributed by atoms with Crippen LogP contribution in [0.25, 0.3) is 22.4 Å². The molecule has 2 heterocycles. The van der Waals surface area contributed by atoms with E-state index in [1.54, 1.807) is 9.13 Å². The lowest BCUT2D eigenvalue weighted by atomic mass is 10.2. The molecule has 0 atom stereocenters. The van der Waals surface area contributed by atoms with E-state index in [4.69, 9.17) is 4.52 Å². The summed E-state index contributed by atoms with van der Waals surface area (Å²) in [6.07, 6.45) is 0.895. The van der Waals surface area contributed by atoms with Crippen molar-refractivity contribution in [1.82, 2.24) is 19.3 Å².